The lowest BCUT2D eigenvalue weighted by Gasteiger charge is -2.14. The van der Waals surface area contributed by atoms with Crippen molar-refractivity contribution in [2.24, 2.45) is 11.5 Å². The molecule has 1 aromatic heterocycles. The maximum atomic E-state index is 12.4. The summed E-state index contributed by atoms with van der Waals surface area (Å²) in [4.78, 5) is 17.2. The number of hydrogen-bond acceptors (Lipinski definition) is 3. The van der Waals surface area contributed by atoms with E-state index >= 15 is 0 Å². The molecule has 1 fully saturated rings. The number of carbonyl (C=O) groups excluding carboxylic acids is 1. The molecule has 0 unspecified atom stereocenters. The van der Waals surface area contributed by atoms with E-state index in [-0.39, 0.29) is 18.0 Å². The summed E-state index contributed by atoms with van der Waals surface area (Å²) in [7, 11) is 0. The van der Waals surface area contributed by atoms with E-state index in [2.05, 4.69) is 4.98 Å². The molecule has 0 spiro atoms. The second-order valence-corrected chi connectivity index (χ2v) is 5.82. The summed E-state index contributed by atoms with van der Waals surface area (Å²) in [5.41, 5.74) is 14.1. The average molecular weight is 293 g/mol. The predicted molar refractivity (Wildman–Crippen MR) is 79.9 cm³/mol. The van der Waals surface area contributed by atoms with E-state index in [1.54, 1.807) is 4.90 Å². The van der Waals surface area contributed by atoms with Crippen molar-refractivity contribution in [1.29, 1.82) is 0 Å². The fraction of sp³-hybridized carbons (Fsp3) is 0.357. The van der Waals surface area contributed by atoms with Crippen LogP contribution in [0.4, 0.5) is 0 Å². The van der Waals surface area contributed by atoms with Crippen LogP contribution in [0.2, 0.25) is 5.02 Å². The van der Waals surface area contributed by atoms with Crippen molar-refractivity contribution >= 4 is 28.4 Å². The first kappa shape index (κ1) is 13.4. The lowest BCUT2D eigenvalue weighted by Crippen LogP contribution is -2.39. The molecule has 1 aliphatic heterocycles. The minimum Gasteiger partial charge on any atom is -0.350 e. The van der Waals surface area contributed by atoms with E-state index in [1.807, 2.05) is 25.1 Å². The van der Waals surface area contributed by atoms with Crippen LogP contribution in [0.25, 0.3) is 10.9 Å². The normalized spacial score (nSPS) is 22.7. The van der Waals surface area contributed by atoms with Crippen LogP contribution in [0.15, 0.2) is 18.2 Å². The highest BCUT2D eigenvalue weighted by molar-refractivity contribution is 6.32. The van der Waals surface area contributed by atoms with E-state index in [4.69, 9.17) is 23.1 Å². The molecule has 20 heavy (non-hydrogen) atoms. The number of aromatic amines is 1. The van der Waals surface area contributed by atoms with Gasteiger partial charge in [-0.1, -0.05) is 11.6 Å². The molecule has 0 bridgehead atoms. The number of amides is 1. The number of benzene rings is 1. The van der Waals surface area contributed by atoms with Crippen LogP contribution in [-0.4, -0.2) is 41.0 Å². The third-order valence-corrected chi connectivity index (χ3v) is 4.24. The number of aryl methyl sites for hydroxylation is 1. The zero-order valence-electron chi connectivity index (χ0n) is 11.2. The monoisotopic (exact) mass is 292 g/mol. The molecule has 2 aromatic rings. The maximum absolute atomic E-state index is 12.4. The highest BCUT2D eigenvalue weighted by atomic mass is 35.5. The van der Waals surface area contributed by atoms with Crippen molar-refractivity contribution < 1.29 is 4.79 Å². The summed E-state index contributed by atoms with van der Waals surface area (Å²) in [6.45, 7) is 2.93. The van der Waals surface area contributed by atoms with Crippen molar-refractivity contribution in [3.05, 3.63) is 34.5 Å². The Balaban J connectivity index is 1.92. The van der Waals surface area contributed by atoms with E-state index in [0.29, 0.717) is 23.8 Å². The van der Waals surface area contributed by atoms with Gasteiger partial charge >= 0.3 is 0 Å². The summed E-state index contributed by atoms with van der Waals surface area (Å²) in [5.74, 6) is -0.0709. The fourth-order valence-electron chi connectivity index (χ4n) is 2.57. The number of hydrogen-bond donors (Lipinski definition) is 3. The Bertz CT molecular complexity index is 632. The van der Waals surface area contributed by atoms with Crippen LogP contribution in [0.1, 0.15) is 16.1 Å². The summed E-state index contributed by atoms with van der Waals surface area (Å²) < 4.78 is 0. The van der Waals surface area contributed by atoms with Crippen LogP contribution >= 0.6 is 11.6 Å². The Hall–Kier alpha value is -1.56. The molecule has 1 aliphatic rings. The Kier molecular flexibility index (Phi) is 3.20. The van der Waals surface area contributed by atoms with Gasteiger partial charge in [0, 0.05) is 41.1 Å². The molecule has 0 saturated carbocycles. The van der Waals surface area contributed by atoms with Crippen molar-refractivity contribution in [2.75, 3.05) is 13.1 Å². The van der Waals surface area contributed by atoms with Gasteiger partial charge in [-0.15, -0.1) is 0 Å². The second kappa shape index (κ2) is 4.77. The van der Waals surface area contributed by atoms with Crippen LogP contribution in [0.5, 0.6) is 0 Å². The molecule has 6 heteroatoms. The van der Waals surface area contributed by atoms with Crippen molar-refractivity contribution in [2.45, 2.75) is 19.0 Å². The molecule has 0 aliphatic carbocycles. The molecule has 2 atom stereocenters. The van der Waals surface area contributed by atoms with Gasteiger partial charge in [0.2, 0.25) is 0 Å². The average Bonchev–Trinajstić information content (AvgIpc) is 2.94. The highest BCUT2D eigenvalue weighted by Crippen LogP contribution is 2.24. The SMILES string of the molecule is Cc1cc2cc(C(=O)N3C[C@@H](N)[C@H](N)C3)[nH]c2cc1Cl. The van der Waals surface area contributed by atoms with Gasteiger partial charge in [-0.3, -0.25) is 4.79 Å². The number of fused-ring (bicyclic) bond motifs is 1. The number of nitrogens with one attached hydrogen (secondary N) is 1. The van der Waals surface area contributed by atoms with Crippen molar-refractivity contribution in [3.63, 3.8) is 0 Å². The van der Waals surface area contributed by atoms with Gasteiger partial charge in [-0.05, 0) is 30.7 Å². The maximum Gasteiger partial charge on any atom is 0.270 e. The van der Waals surface area contributed by atoms with E-state index in [0.717, 1.165) is 16.5 Å². The molecule has 5 nitrogen and oxygen atoms in total. The zero-order valence-corrected chi connectivity index (χ0v) is 11.9. The Labute approximate surface area is 121 Å². The Morgan fingerprint density at radius 3 is 2.60 bits per heavy atom. The summed E-state index contributed by atoms with van der Waals surface area (Å²) in [6, 6.07) is 5.34. The molecule has 0 radical (unpaired) electrons. The van der Waals surface area contributed by atoms with E-state index < -0.39 is 0 Å². The Morgan fingerprint density at radius 1 is 1.30 bits per heavy atom. The minimum atomic E-state index is -0.153. The van der Waals surface area contributed by atoms with Crippen LogP contribution in [0, 0.1) is 6.92 Å². The summed E-state index contributed by atoms with van der Waals surface area (Å²) >= 11 is 6.09. The molecular weight excluding hydrogens is 276 g/mol. The van der Waals surface area contributed by atoms with Gasteiger partial charge in [0.05, 0.1) is 0 Å². The number of nitrogens with two attached hydrogens (primary N) is 2. The second-order valence-electron chi connectivity index (χ2n) is 5.41. The predicted octanol–water partition coefficient (Wildman–Crippen LogP) is 1.24. The molecule has 1 saturated heterocycles. The molecule has 3 rings (SSSR count). The number of halogens is 1. The van der Waals surface area contributed by atoms with Gasteiger partial charge < -0.3 is 21.4 Å². The van der Waals surface area contributed by atoms with Gasteiger partial charge in [-0.25, -0.2) is 0 Å². The van der Waals surface area contributed by atoms with Crippen LogP contribution in [0.3, 0.4) is 0 Å². The van der Waals surface area contributed by atoms with Gasteiger partial charge in [-0.2, -0.15) is 0 Å². The number of likely N-dealkylation sites (tertiary alicyclic amines) is 1. The number of carbonyl (C=O) groups is 1. The molecule has 5 N–H and O–H groups in total. The van der Waals surface area contributed by atoms with Gasteiger partial charge in [0.1, 0.15) is 5.69 Å². The van der Waals surface area contributed by atoms with Crippen molar-refractivity contribution in [3.8, 4) is 0 Å². The Morgan fingerprint density at radius 2 is 1.95 bits per heavy atom. The lowest BCUT2D eigenvalue weighted by atomic mass is 10.2. The standard InChI is InChI=1S/C14H17ClN4O/c1-7-2-8-3-13(18-12(8)4-9(7)15)14(20)19-5-10(16)11(17)6-19/h2-4,10-11,18H,5-6,16-17H2,1H3/t10-,11-/m1/s1. The first-order chi connectivity index (χ1) is 9.45. The lowest BCUT2D eigenvalue weighted by molar-refractivity contribution is 0.0784. The number of nitrogens with zero attached hydrogens (tertiary/aromatic N) is 1. The number of H-pyrrole nitrogens is 1. The number of aromatic nitrogens is 1. The number of rotatable bonds is 1. The first-order valence-corrected chi connectivity index (χ1v) is 6.93. The van der Waals surface area contributed by atoms with E-state index in [9.17, 15) is 4.79 Å². The van der Waals surface area contributed by atoms with Gasteiger partial charge in [0.15, 0.2) is 0 Å². The highest BCUT2D eigenvalue weighted by Gasteiger charge is 2.31. The minimum absolute atomic E-state index is 0.0709. The third-order valence-electron chi connectivity index (χ3n) is 3.83. The molecular formula is C14H17ClN4O. The molecule has 1 amide bonds. The van der Waals surface area contributed by atoms with Gasteiger partial charge in [0.25, 0.3) is 5.91 Å². The van der Waals surface area contributed by atoms with Crippen LogP contribution in [-0.2, 0) is 0 Å². The van der Waals surface area contributed by atoms with Crippen molar-refractivity contribution in [1.82, 2.24) is 9.88 Å². The molecule has 2 heterocycles. The topological polar surface area (TPSA) is 88.1 Å². The zero-order chi connectivity index (χ0) is 14.4. The summed E-state index contributed by atoms with van der Waals surface area (Å²) in [6.07, 6.45) is 0. The third kappa shape index (κ3) is 2.18. The summed E-state index contributed by atoms with van der Waals surface area (Å²) in [5, 5.41) is 1.66. The molecule has 1 aromatic carbocycles. The first-order valence-electron chi connectivity index (χ1n) is 6.55. The van der Waals surface area contributed by atoms with E-state index in [1.165, 1.54) is 0 Å². The smallest absolute Gasteiger partial charge is 0.270 e. The van der Waals surface area contributed by atoms with Crippen LogP contribution < -0.4 is 11.5 Å². The molecule has 106 valence electrons. The quantitative estimate of drug-likeness (QED) is 0.739. The fourth-order valence-corrected chi connectivity index (χ4v) is 2.74. The largest absolute Gasteiger partial charge is 0.350 e.